The van der Waals surface area contributed by atoms with Gasteiger partial charge in [0.25, 0.3) is 5.56 Å². The van der Waals surface area contributed by atoms with Gasteiger partial charge in [0.15, 0.2) is 23.9 Å². The molecular formula is C29H22BrCl2N3O6. The molecule has 0 saturated heterocycles. The van der Waals surface area contributed by atoms with Crippen molar-refractivity contribution in [3.05, 3.63) is 85.0 Å². The van der Waals surface area contributed by atoms with E-state index in [1.165, 1.54) is 6.21 Å². The summed E-state index contributed by atoms with van der Waals surface area (Å²) >= 11 is 16.2. The number of fused-ring (bicyclic) bond motifs is 2. The number of benzene rings is 3. The highest BCUT2D eigenvalue weighted by molar-refractivity contribution is 9.10. The van der Waals surface area contributed by atoms with Crippen molar-refractivity contribution in [1.29, 1.82) is 0 Å². The predicted molar refractivity (Wildman–Crippen MR) is 162 cm³/mol. The van der Waals surface area contributed by atoms with Crippen LogP contribution in [0.25, 0.3) is 33.5 Å². The quantitative estimate of drug-likeness (QED) is 0.123. The molecule has 0 aliphatic heterocycles. The van der Waals surface area contributed by atoms with E-state index in [1.807, 2.05) is 0 Å². The van der Waals surface area contributed by atoms with Gasteiger partial charge in [-0.15, -0.1) is 0 Å². The fourth-order valence-corrected chi connectivity index (χ4v) is 4.90. The Morgan fingerprint density at radius 3 is 2.68 bits per heavy atom. The number of para-hydroxylation sites is 1. The van der Waals surface area contributed by atoms with Crippen molar-refractivity contribution < 1.29 is 23.4 Å². The maximum atomic E-state index is 13.6. The second-order valence-electron chi connectivity index (χ2n) is 8.55. The van der Waals surface area contributed by atoms with Crippen LogP contribution in [0.2, 0.25) is 10.0 Å². The Morgan fingerprint density at radius 1 is 1.10 bits per heavy atom. The van der Waals surface area contributed by atoms with Gasteiger partial charge in [0.2, 0.25) is 5.82 Å². The topological polar surface area (TPSA) is 105 Å². The Bertz CT molecular complexity index is 1870. The number of hydrogen-bond donors (Lipinski definition) is 0. The average molecular weight is 659 g/mol. The number of ether oxygens (including phenoxy) is 3. The SMILES string of the molecule is CCOC(=O)COc1c(OCC)cc(C=Nn2c(-c3cc4cc(Cl)ccc4o3)nc3ccccc3c2=O)c(Br)c1Cl. The van der Waals surface area contributed by atoms with Gasteiger partial charge in [0.1, 0.15) is 10.6 Å². The molecule has 0 saturated carbocycles. The number of halogens is 3. The normalized spacial score (nSPS) is 11.4. The monoisotopic (exact) mass is 657 g/mol. The molecular weight excluding hydrogens is 637 g/mol. The smallest absolute Gasteiger partial charge is 0.344 e. The van der Waals surface area contributed by atoms with Gasteiger partial charge in [-0.25, -0.2) is 9.78 Å². The van der Waals surface area contributed by atoms with E-state index in [4.69, 9.17) is 41.8 Å². The molecule has 0 atom stereocenters. The molecule has 2 aromatic heterocycles. The number of carbonyl (C=O) groups excluding carboxylic acids is 1. The largest absolute Gasteiger partial charge is 0.490 e. The third kappa shape index (κ3) is 5.95. The summed E-state index contributed by atoms with van der Waals surface area (Å²) in [5.74, 6) is 0.425. The van der Waals surface area contributed by atoms with Gasteiger partial charge < -0.3 is 18.6 Å². The van der Waals surface area contributed by atoms with Gasteiger partial charge in [0.05, 0.1) is 30.3 Å². The first kappa shape index (κ1) is 28.7. The fraction of sp³-hybridized carbons (Fsp3) is 0.172. The van der Waals surface area contributed by atoms with E-state index in [9.17, 15) is 9.59 Å². The molecule has 210 valence electrons. The van der Waals surface area contributed by atoms with Gasteiger partial charge in [0, 0.05) is 20.4 Å². The Hall–Kier alpha value is -3.86. The molecule has 0 bridgehead atoms. The van der Waals surface area contributed by atoms with Crippen molar-refractivity contribution in [2.75, 3.05) is 19.8 Å². The van der Waals surface area contributed by atoms with E-state index < -0.39 is 11.5 Å². The first-order valence-electron chi connectivity index (χ1n) is 12.5. The number of rotatable bonds is 9. The number of furan rings is 1. The molecule has 0 spiro atoms. The minimum Gasteiger partial charge on any atom is -0.490 e. The van der Waals surface area contributed by atoms with Crippen LogP contribution in [0.1, 0.15) is 19.4 Å². The molecule has 5 aromatic rings. The lowest BCUT2D eigenvalue weighted by Crippen LogP contribution is -2.20. The molecule has 0 aliphatic rings. The maximum absolute atomic E-state index is 13.6. The average Bonchev–Trinajstić information content (AvgIpc) is 3.38. The molecule has 12 heteroatoms. The summed E-state index contributed by atoms with van der Waals surface area (Å²) in [4.78, 5) is 30.1. The summed E-state index contributed by atoms with van der Waals surface area (Å²) < 4.78 is 23.9. The zero-order chi connectivity index (χ0) is 29.1. The molecule has 41 heavy (non-hydrogen) atoms. The van der Waals surface area contributed by atoms with Crippen molar-refractivity contribution in [3.8, 4) is 23.1 Å². The molecule has 0 aliphatic carbocycles. The lowest BCUT2D eigenvalue weighted by molar-refractivity contribution is -0.145. The summed E-state index contributed by atoms with van der Waals surface area (Å²) in [7, 11) is 0. The van der Waals surface area contributed by atoms with Crippen molar-refractivity contribution in [1.82, 2.24) is 9.66 Å². The number of hydrogen-bond acceptors (Lipinski definition) is 8. The Morgan fingerprint density at radius 2 is 1.90 bits per heavy atom. The first-order valence-corrected chi connectivity index (χ1v) is 14.0. The molecule has 0 N–H and O–H groups in total. The van der Waals surface area contributed by atoms with Crippen LogP contribution >= 0.6 is 39.1 Å². The predicted octanol–water partition coefficient (Wildman–Crippen LogP) is 7.10. The van der Waals surface area contributed by atoms with Crippen LogP contribution in [0.5, 0.6) is 11.5 Å². The van der Waals surface area contributed by atoms with Crippen LogP contribution in [0.4, 0.5) is 0 Å². The Balaban J connectivity index is 1.62. The van der Waals surface area contributed by atoms with E-state index in [0.717, 1.165) is 10.1 Å². The van der Waals surface area contributed by atoms with Crippen LogP contribution in [-0.4, -0.2) is 41.7 Å². The minimum absolute atomic E-state index is 0.153. The zero-order valence-corrected chi connectivity index (χ0v) is 24.9. The molecule has 0 unspecified atom stereocenters. The van der Waals surface area contributed by atoms with Gasteiger partial charge in [-0.3, -0.25) is 4.79 Å². The van der Waals surface area contributed by atoms with E-state index in [0.29, 0.717) is 43.9 Å². The molecule has 9 nitrogen and oxygen atoms in total. The highest BCUT2D eigenvalue weighted by atomic mass is 79.9. The van der Waals surface area contributed by atoms with Crippen LogP contribution in [-0.2, 0) is 9.53 Å². The van der Waals surface area contributed by atoms with Crippen LogP contribution in [0, 0.1) is 0 Å². The second-order valence-corrected chi connectivity index (χ2v) is 10.2. The maximum Gasteiger partial charge on any atom is 0.344 e. The second kappa shape index (κ2) is 12.3. The molecule has 5 rings (SSSR count). The van der Waals surface area contributed by atoms with Crippen molar-refractivity contribution in [2.45, 2.75) is 13.8 Å². The summed E-state index contributed by atoms with van der Waals surface area (Å²) in [6, 6.07) is 15.6. The summed E-state index contributed by atoms with van der Waals surface area (Å²) in [5, 5.41) is 6.32. The molecule has 0 radical (unpaired) electrons. The third-order valence-electron chi connectivity index (χ3n) is 5.86. The zero-order valence-electron chi connectivity index (χ0n) is 21.8. The highest BCUT2D eigenvalue weighted by Crippen LogP contribution is 2.42. The molecule has 3 aromatic carbocycles. The highest BCUT2D eigenvalue weighted by Gasteiger charge is 2.20. The van der Waals surface area contributed by atoms with E-state index in [1.54, 1.807) is 68.4 Å². The summed E-state index contributed by atoms with van der Waals surface area (Å²) in [6.45, 7) is 3.68. The Kier molecular flexibility index (Phi) is 8.63. The summed E-state index contributed by atoms with van der Waals surface area (Å²) in [5.41, 5.74) is 1.14. The first-order chi connectivity index (χ1) is 19.8. The minimum atomic E-state index is -0.545. The Labute approximate surface area is 252 Å². The lowest BCUT2D eigenvalue weighted by Gasteiger charge is -2.15. The lowest BCUT2D eigenvalue weighted by atomic mass is 10.2. The molecule has 2 heterocycles. The van der Waals surface area contributed by atoms with Crippen molar-refractivity contribution in [3.63, 3.8) is 0 Å². The van der Waals surface area contributed by atoms with E-state index in [2.05, 4.69) is 26.0 Å². The number of aromatic nitrogens is 2. The molecule has 0 fully saturated rings. The summed E-state index contributed by atoms with van der Waals surface area (Å²) in [6.07, 6.45) is 1.44. The van der Waals surface area contributed by atoms with Gasteiger partial charge >= 0.3 is 5.97 Å². The standard InChI is InChI=1S/C29H22BrCl2N3O6/c1-3-38-22-13-17(25(30)26(32)27(22)40-15-24(36)39-4-2)14-33-35-28(34-20-8-6-5-7-19(20)29(35)37)23-12-16-11-18(31)9-10-21(16)41-23/h5-14H,3-4,15H2,1-2H3. The van der Waals surface area contributed by atoms with Crippen molar-refractivity contribution in [2.24, 2.45) is 5.10 Å². The van der Waals surface area contributed by atoms with Crippen LogP contribution < -0.4 is 15.0 Å². The third-order valence-corrected chi connectivity index (χ3v) is 7.54. The van der Waals surface area contributed by atoms with Gasteiger partial charge in [-0.2, -0.15) is 9.78 Å². The number of nitrogens with zero attached hydrogens (tertiary/aromatic N) is 3. The van der Waals surface area contributed by atoms with Crippen LogP contribution in [0.15, 0.2) is 73.4 Å². The van der Waals surface area contributed by atoms with Gasteiger partial charge in [-0.05, 0) is 72.2 Å². The fourth-order valence-electron chi connectivity index (χ4n) is 4.06. The van der Waals surface area contributed by atoms with Crippen molar-refractivity contribution >= 4 is 73.2 Å². The van der Waals surface area contributed by atoms with E-state index >= 15 is 0 Å². The van der Waals surface area contributed by atoms with Gasteiger partial charge in [-0.1, -0.05) is 35.3 Å². The molecule has 0 amide bonds. The number of carbonyl (C=O) groups is 1. The van der Waals surface area contributed by atoms with E-state index in [-0.39, 0.29) is 35.6 Å². The van der Waals surface area contributed by atoms with Crippen LogP contribution in [0.3, 0.4) is 0 Å². The number of esters is 1.